The number of carbonyl (C=O) groups excluding carboxylic acids is 2. The molecule has 3 N–H and O–H groups in total. The number of amides is 2. The number of para-hydroxylation sites is 1. The summed E-state index contributed by atoms with van der Waals surface area (Å²) in [7, 11) is -2.40. The Hall–Kier alpha value is -2.78. The zero-order valence-corrected chi connectivity index (χ0v) is 17.0. The van der Waals surface area contributed by atoms with Gasteiger partial charge in [0.1, 0.15) is 11.8 Å². The number of anilines is 2. The van der Waals surface area contributed by atoms with E-state index in [9.17, 15) is 18.0 Å². The largest absolute Gasteiger partial charge is 0.495 e. The Morgan fingerprint density at radius 3 is 2.39 bits per heavy atom. The number of hydrogen-bond donors (Lipinski definition) is 2. The van der Waals surface area contributed by atoms with E-state index >= 15 is 0 Å². The third-order valence-electron chi connectivity index (χ3n) is 3.93. The van der Waals surface area contributed by atoms with Gasteiger partial charge in [-0.3, -0.25) is 13.9 Å². The first-order valence-electron chi connectivity index (χ1n) is 8.09. The van der Waals surface area contributed by atoms with Crippen molar-refractivity contribution >= 4 is 44.8 Å². The summed E-state index contributed by atoms with van der Waals surface area (Å²) in [5, 5.41) is 2.74. The molecule has 0 saturated heterocycles. The van der Waals surface area contributed by atoms with E-state index < -0.39 is 27.9 Å². The predicted molar refractivity (Wildman–Crippen MR) is 108 cm³/mol. The Balaban J connectivity index is 2.39. The van der Waals surface area contributed by atoms with Crippen LogP contribution in [0.5, 0.6) is 5.75 Å². The maximum atomic E-state index is 12.7. The highest BCUT2D eigenvalue weighted by Crippen LogP contribution is 2.31. The van der Waals surface area contributed by atoms with Crippen molar-refractivity contribution in [2.75, 3.05) is 23.0 Å². The molecule has 0 aliphatic rings. The van der Waals surface area contributed by atoms with Gasteiger partial charge in [-0.2, -0.15) is 0 Å². The van der Waals surface area contributed by atoms with Gasteiger partial charge in [0, 0.05) is 0 Å². The monoisotopic (exact) mass is 425 g/mol. The van der Waals surface area contributed by atoms with E-state index in [1.54, 1.807) is 12.1 Å². The van der Waals surface area contributed by atoms with Crippen LogP contribution < -0.4 is 20.1 Å². The molecule has 0 bridgehead atoms. The second kappa shape index (κ2) is 8.49. The van der Waals surface area contributed by atoms with Crippen LogP contribution in [0.1, 0.15) is 17.3 Å². The minimum Gasteiger partial charge on any atom is -0.495 e. The smallest absolute Gasteiger partial charge is 0.250 e. The van der Waals surface area contributed by atoms with Crippen molar-refractivity contribution in [1.82, 2.24) is 0 Å². The van der Waals surface area contributed by atoms with E-state index in [1.165, 1.54) is 44.4 Å². The highest BCUT2D eigenvalue weighted by atomic mass is 35.5. The number of nitrogens with one attached hydrogen (secondary N) is 1. The number of nitrogens with zero attached hydrogens (tertiary/aromatic N) is 1. The third kappa shape index (κ3) is 4.73. The van der Waals surface area contributed by atoms with Crippen molar-refractivity contribution in [3.63, 3.8) is 0 Å². The Morgan fingerprint density at radius 2 is 1.86 bits per heavy atom. The summed E-state index contributed by atoms with van der Waals surface area (Å²) in [5.74, 6) is -0.997. The second-order valence-electron chi connectivity index (χ2n) is 5.95. The Kier molecular flexibility index (Phi) is 6.52. The summed E-state index contributed by atoms with van der Waals surface area (Å²) >= 11 is 6.09. The number of hydrogen-bond acceptors (Lipinski definition) is 5. The summed E-state index contributed by atoms with van der Waals surface area (Å²) < 4.78 is 30.7. The molecule has 0 radical (unpaired) electrons. The van der Waals surface area contributed by atoms with Crippen molar-refractivity contribution in [3.8, 4) is 5.75 Å². The quantitative estimate of drug-likeness (QED) is 0.705. The molecule has 1 atom stereocenters. The van der Waals surface area contributed by atoms with E-state index in [4.69, 9.17) is 22.1 Å². The summed E-state index contributed by atoms with van der Waals surface area (Å²) in [4.78, 5) is 24.3. The van der Waals surface area contributed by atoms with Crippen LogP contribution in [0.3, 0.4) is 0 Å². The maximum Gasteiger partial charge on any atom is 0.250 e. The Morgan fingerprint density at radius 1 is 1.21 bits per heavy atom. The van der Waals surface area contributed by atoms with Crippen LogP contribution in [0.15, 0.2) is 42.5 Å². The molecule has 2 aromatic rings. The molecule has 0 unspecified atom stereocenters. The van der Waals surface area contributed by atoms with Crippen LogP contribution in [0, 0.1) is 0 Å². The van der Waals surface area contributed by atoms with Crippen molar-refractivity contribution in [3.05, 3.63) is 53.1 Å². The molecule has 0 fully saturated rings. The van der Waals surface area contributed by atoms with E-state index in [1.807, 2.05) is 0 Å². The zero-order chi connectivity index (χ0) is 21.1. The van der Waals surface area contributed by atoms with Crippen LogP contribution in [0.4, 0.5) is 11.4 Å². The lowest BCUT2D eigenvalue weighted by molar-refractivity contribution is -0.116. The van der Waals surface area contributed by atoms with Crippen LogP contribution in [0.25, 0.3) is 0 Å². The fourth-order valence-corrected chi connectivity index (χ4v) is 4.06. The number of primary amides is 1. The summed E-state index contributed by atoms with van der Waals surface area (Å²) in [5.41, 5.74) is 5.80. The van der Waals surface area contributed by atoms with Crippen molar-refractivity contribution in [2.24, 2.45) is 5.73 Å². The summed E-state index contributed by atoms with van der Waals surface area (Å²) in [6.45, 7) is 1.42. The molecule has 0 heterocycles. The van der Waals surface area contributed by atoms with Crippen LogP contribution >= 0.6 is 11.6 Å². The van der Waals surface area contributed by atoms with Gasteiger partial charge in [-0.1, -0.05) is 23.7 Å². The topological polar surface area (TPSA) is 119 Å². The number of carbonyl (C=O) groups is 2. The Labute approximate surface area is 168 Å². The average molecular weight is 426 g/mol. The molecule has 2 amide bonds. The summed E-state index contributed by atoms with van der Waals surface area (Å²) in [6, 6.07) is 9.41. The highest BCUT2D eigenvalue weighted by molar-refractivity contribution is 7.92. The molecule has 8 nitrogen and oxygen atoms in total. The molecule has 28 heavy (non-hydrogen) atoms. The standard InChI is InChI=1S/C18H20ClN3O5S/c1-11(18(24)21-15-7-5-4-6-13(15)17(20)23)22(28(3,25)26)12-8-9-16(27-2)14(19)10-12/h4-11H,1-3H3,(H2,20,23)(H,21,24)/t11-/m1/s1. The number of rotatable bonds is 7. The normalized spacial score (nSPS) is 12.1. The van der Waals surface area contributed by atoms with Crippen LogP contribution in [-0.4, -0.2) is 39.6 Å². The molecule has 0 aliphatic heterocycles. The molecule has 0 aromatic heterocycles. The number of ether oxygens (including phenoxy) is 1. The molecule has 150 valence electrons. The molecule has 0 aliphatic carbocycles. The van der Waals surface area contributed by atoms with Crippen LogP contribution in [0.2, 0.25) is 5.02 Å². The van der Waals surface area contributed by atoms with Gasteiger partial charge in [-0.25, -0.2) is 8.42 Å². The van der Waals surface area contributed by atoms with Crippen LogP contribution in [-0.2, 0) is 14.8 Å². The Bertz CT molecular complexity index is 1010. The van der Waals surface area contributed by atoms with Crippen molar-refractivity contribution < 1.29 is 22.7 Å². The summed E-state index contributed by atoms with van der Waals surface area (Å²) in [6.07, 6.45) is 0.978. The number of sulfonamides is 1. The van der Waals surface area contributed by atoms with Gasteiger partial charge in [0.15, 0.2) is 0 Å². The number of benzene rings is 2. The van der Waals surface area contributed by atoms with E-state index in [0.29, 0.717) is 5.75 Å². The van der Waals surface area contributed by atoms with Gasteiger partial charge >= 0.3 is 0 Å². The van der Waals surface area contributed by atoms with Gasteiger partial charge in [0.25, 0.3) is 5.91 Å². The SMILES string of the molecule is COc1ccc(N([C@H](C)C(=O)Nc2ccccc2C(N)=O)S(C)(=O)=O)cc1Cl. The third-order valence-corrected chi connectivity index (χ3v) is 5.47. The molecule has 0 saturated carbocycles. The minimum atomic E-state index is -3.84. The molecular weight excluding hydrogens is 406 g/mol. The lowest BCUT2D eigenvalue weighted by atomic mass is 10.1. The highest BCUT2D eigenvalue weighted by Gasteiger charge is 2.30. The molecule has 0 spiro atoms. The first-order valence-corrected chi connectivity index (χ1v) is 10.3. The van der Waals surface area contributed by atoms with Crippen molar-refractivity contribution in [1.29, 1.82) is 0 Å². The molecule has 2 aromatic carbocycles. The first kappa shape index (κ1) is 21.5. The first-order chi connectivity index (χ1) is 13.1. The number of nitrogens with two attached hydrogens (primary N) is 1. The lowest BCUT2D eigenvalue weighted by Gasteiger charge is -2.28. The van der Waals surface area contributed by atoms with Gasteiger partial charge in [-0.05, 0) is 37.3 Å². The molecular formula is C18H20ClN3O5S. The zero-order valence-electron chi connectivity index (χ0n) is 15.5. The fraction of sp³-hybridized carbons (Fsp3) is 0.222. The fourth-order valence-electron chi connectivity index (χ4n) is 2.65. The lowest BCUT2D eigenvalue weighted by Crippen LogP contribution is -2.45. The number of halogens is 1. The predicted octanol–water partition coefficient (Wildman–Crippen LogP) is 2.24. The van der Waals surface area contributed by atoms with Gasteiger partial charge in [0.05, 0.1) is 35.3 Å². The maximum absolute atomic E-state index is 12.7. The molecule has 2 rings (SSSR count). The molecule has 10 heteroatoms. The van der Waals surface area contributed by atoms with E-state index in [2.05, 4.69) is 5.32 Å². The van der Waals surface area contributed by atoms with Gasteiger partial charge in [-0.15, -0.1) is 0 Å². The van der Waals surface area contributed by atoms with Gasteiger partial charge in [0.2, 0.25) is 15.9 Å². The van der Waals surface area contributed by atoms with E-state index in [-0.39, 0.29) is 22.0 Å². The van der Waals surface area contributed by atoms with Gasteiger partial charge < -0.3 is 15.8 Å². The minimum absolute atomic E-state index is 0.112. The average Bonchev–Trinajstić information content (AvgIpc) is 2.61. The van der Waals surface area contributed by atoms with E-state index in [0.717, 1.165) is 10.6 Å². The number of methoxy groups -OCH3 is 1. The second-order valence-corrected chi connectivity index (χ2v) is 8.22. The van der Waals surface area contributed by atoms with Crippen molar-refractivity contribution in [2.45, 2.75) is 13.0 Å².